The molecule has 37 heavy (non-hydrogen) atoms. The monoisotopic (exact) mass is 494 g/mol. The second-order valence-corrected chi connectivity index (χ2v) is 10.8. The summed E-state index contributed by atoms with van der Waals surface area (Å²) < 4.78 is 17.1. The Morgan fingerprint density at radius 2 is 1.86 bits per heavy atom. The fraction of sp³-hybridized carbons (Fsp3) is 0.400. The number of H-pyrrole nitrogens is 1. The number of anilines is 1. The molecule has 1 unspecified atom stereocenters. The van der Waals surface area contributed by atoms with Crippen molar-refractivity contribution in [3.05, 3.63) is 66.1 Å². The van der Waals surface area contributed by atoms with Crippen molar-refractivity contribution in [3.63, 3.8) is 0 Å². The number of fused-ring (bicyclic) bond motifs is 1. The lowest BCUT2D eigenvalue weighted by atomic mass is 9.78. The molecule has 1 atom stereocenters. The second-order valence-electron chi connectivity index (χ2n) is 10.8. The second kappa shape index (κ2) is 9.05. The van der Waals surface area contributed by atoms with Gasteiger partial charge in [-0.25, -0.2) is 4.98 Å². The predicted molar refractivity (Wildman–Crippen MR) is 142 cm³/mol. The van der Waals surface area contributed by atoms with Crippen LogP contribution in [0.15, 0.2) is 60.5 Å². The Kier molecular flexibility index (Phi) is 5.53. The normalized spacial score (nSPS) is 23.1. The molecular formula is C30H30N4O3. The minimum atomic E-state index is -0.288. The van der Waals surface area contributed by atoms with Gasteiger partial charge in [-0.3, -0.25) is 0 Å². The van der Waals surface area contributed by atoms with Crippen LogP contribution in [0.3, 0.4) is 0 Å². The Balaban J connectivity index is 1.13. The topological polar surface area (TPSA) is 83.4 Å². The summed E-state index contributed by atoms with van der Waals surface area (Å²) in [7, 11) is 0. The number of hydrogen-bond acceptors (Lipinski definition) is 6. The molecule has 7 rings (SSSR count). The zero-order valence-electron chi connectivity index (χ0n) is 20.8. The maximum Gasteiger partial charge on any atom is 0.138 e. The fourth-order valence-corrected chi connectivity index (χ4v) is 5.94. The lowest BCUT2D eigenvalue weighted by Gasteiger charge is -2.56. The maximum absolute atomic E-state index is 9.90. The summed E-state index contributed by atoms with van der Waals surface area (Å²) in [4.78, 5) is 10.5. The van der Waals surface area contributed by atoms with Crippen molar-refractivity contribution in [3.8, 4) is 17.3 Å². The van der Waals surface area contributed by atoms with Gasteiger partial charge in [0.1, 0.15) is 23.4 Å². The molecule has 1 aromatic carbocycles. The highest BCUT2D eigenvalue weighted by Gasteiger charge is 2.49. The molecule has 0 saturated carbocycles. The van der Waals surface area contributed by atoms with Gasteiger partial charge < -0.3 is 24.1 Å². The van der Waals surface area contributed by atoms with Crippen molar-refractivity contribution >= 4 is 22.3 Å². The average Bonchev–Trinajstić information content (AvgIpc) is 3.33. The molecule has 188 valence electrons. The predicted octanol–water partition coefficient (Wildman–Crippen LogP) is 5.07. The Morgan fingerprint density at radius 1 is 1.05 bits per heavy atom. The van der Waals surface area contributed by atoms with Gasteiger partial charge in [0.25, 0.3) is 0 Å². The van der Waals surface area contributed by atoms with Crippen molar-refractivity contribution in [1.82, 2.24) is 9.97 Å². The number of hydrogen-bond donors (Lipinski definition) is 1. The van der Waals surface area contributed by atoms with E-state index in [2.05, 4.69) is 57.3 Å². The summed E-state index contributed by atoms with van der Waals surface area (Å²) >= 11 is 0. The van der Waals surface area contributed by atoms with E-state index in [0.29, 0.717) is 11.8 Å². The number of ether oxygens (including phenoxy) is 3. The van der Waals surface area contributed by atoms with Crippen LogP contribution >= 0.6 is 0 Å². The van der Waals surface area contributed by atoms with Crippen molar-refractivity contribution in [2.45, 2.75) is 25.4 Å². The van der Waals surface area contributed by atoms with Crippen LogP contribution < -0.4 is 4.90 Å². The van der Waals surface area contributed by atoms with Crippen LogP contribution in [0.1, 0.15) is 24.8 Å². The van der Waals surface area contributed by atoms with Gasteiger partial charge in [-0.05, 0) is 53.5 Å². The summed E-state index contributed by atoms with van der Waals surface area (Å²) in [6, 6.07) is 15.4. The number of aromatic amines is 1. The van der Waals surface area contributed by atoms with Gasteiger partial charge in [-0.2, -0.15) is 5.26 Å². The minimum absolute atomic E-state index is 0.131. The van der Waals surface area contributed by atoms with Crippen molar-refractivity contribution in [2.75, 3.05) is 44.4 Å². The molecule has 3 fully saturated rings. The highest BCUT2D eigenvalue weighted by Crippen LogP contribution is 2.41. The summed E-state index contributed by atoms with van der Waals surface area (Å²) in [5.41, 5.74) is 6.94. The molecular weight excluding hydrogens is 464 g/mol. The van der Waals surface area contributed by atoms with Crippen molar-refractivity contribution in [2.24, 2.45) is 11.3 Å². The van der Waals surface area contributed by atoms with E-state index >= 15 is 0 Å². The van der Waals surface area contributed by atoms with Gasteiger partial charge in [0.05, 0.1) is 37.9 Å². The van der Waals surface area contributed by atoms with Crippen molar-refractivity contribution in [1.29, 1.82) is 5.26 Å². The molecule has 5 heterocycles. The van der Waals surface area contributed by atoms with Gasteiger partial charge in [-0.15, -0.1) is 0 Å². The summed E-state index contributed by atoms with van der Waals surface area (Å²) in [6.45, 7) is 5.41. The Labute approximate surface area is 216 Å². The minimum Gasteiger partial charge on any atom is -0.493 e. The van der Waals surface area contributed by atoms with Gasteiger partial charge >= 0.3 is 0 Å². The molecule has 3 aromatic rings. The smallest absolute Gasteiger partial charge is 0.138 e. The van der Waals surface area contributed by atoms with Crippen LogP contribution in [0.4, 0.5) is 5.69 Å². The Hall–Kier alpha value is -3.60. The summed E-state index contributed by atoms with van der Waals surface area (Å²) in [6.07, 6.45) is 8.43. The molecule has 7 heteroatoms. The molecule has 1 aliphatic carbocycles. The number of nitriles is 1. The Morgan fingerprint density at radius 3 is 2.59 bits per heavy atom. The molecule has 0 amide bonds. The fourth-order valence-electron chi connectivity index (χ4n) is 5.94. The summed E-state index contributed by atoms with van der Waals surface area (Å²) in [5.74, 6) is 0.486. The molecule has 0 bridgehead atoms. The number of rotatable bonds is 5. The number of aromatic nitrogens is 2. The molecule has 1 N–H and O–H groups in total. The maximum atomic E-state index is 9.90. The zero-order chi connectivity index (χ0) is 24.8. The van der Waals surface area contributed by atoms with E-state index in [1.807, 2.05) is 18.3 Å². The number of nitrogens with one attached hydrogen (secondary N) is 1. The molecule has 4 aliphatic rings. The van der Waals surface area contributed by atoms with Gasteiger partial charge in [0.15, 0.2) is 0 Å². The number of nitrogens with zero attached hydrogens (tertiary/aromatic N) is 3. The van der Waals surface area contributed by atoms with Gasteiger partial charge in [0, 0.05) is 48.9 Å². The first-order valence-corrected chi connectivity index (χ1v) is 13.2. The van der Waals surface area contributed by atoms with Crippen LogP contribution in [0.5, 0.6) is 0 Å². The molecule has 3 saturated heterocycles. The lowest BCUT2D eigenvalue weighted by molar-refractivity contribution is -0.127. The molecule has 2 aromatic heterocycles. The van der Waals surface area contributed by atoms with E-state index in [9.17, 15) is 5.26 Å². The van der Waals surface area contributed by atoms with Gasteiger partial charge in [-0.1, -0.05) is 18.2 Å². The molecule has 3 aliphatic heterocycles. The van der Waals surface area contributed by atoms with E-state index in [1.54, 1.807) is 0 Å². The van der Waals surface area contributed by atoms with Crippen LogP contribution in [0, 0.1) is 22.7 Å². The zero-order valence-corrected chi connectivity index (χ0v) is 20.8. The lowest BCUT2D eigenvalue weighted by Crippen LogP contribution is -2.66. The average molecular weight is 495 g/mol. The largest absolute Gasteiger partial charge is 0.493 e. The van der Waals surface area contributed by atoms with Crippen LogP contribution in [-0.4, -0.2) is 55.6 Å². The number of allylic oxidation sites excluding steroid dienone is 4. The third-order valence-corrected chi connectivity index (χ3v) is 8.13. The SMILES string of the molecule is N#CC1CC(c2ccnc3[nH]c(-c4ccc(N5CC6(COC6)C5)cc4)cc23)=CC=C1OC1CCOCC1. The highest BCUT2D eigenvalue weighted by atomic mass is 16.5. The van der Waals surface area contributed by atoms with Crippen molar-refractivity contribution < 1.29 is 14.2 Å². The van der Waals surface area contributed by atoms with Gasteiger partial charge in [0.2, 0.25) is 0 Å². The summed E-state index contributed by atoms with van der Waals surface area (Å²) in [5, 5.41) is 11.0. The molecule has 0 radical (unpaired) electrons. The van der Waals surface area contributed by atoms with E-state index in [-0.39, 0.29) is 12.0 Å². The third kappa shape index (κ3) is 4.11. The standard InChI is InChI=1S/C30H30N4O3/c31-15-22-13-21(3-6-28(22)37-24-8-11-35-12-9-24)25-7-10-32-29-26(25)14-27(33-29)20-1-4-23(5-2-20)34-16-30(17-34)18-36-19-30/h1-7,10,14,22,24H,8-9,11-13,16-19H2,(H,32,33). The third-order valence-electron chi connectivity index (χ3n) is 8.13. The highest BCUT2D eigenvalue weighted by molar-refractivity contribution is 5.94. The van der Waals surface area contributed by atoms with Crippen LogP contribution in [0.25, 0.3) is 27.9 Å². The van der Waals surface area contributed by atoms with E-state index in [1.165, 1.54) is 5.69 Å². The first kappa shape index (κ1) is 22.6. The molecule has 7 nitrogen and oxygen atoms in total. The van der Waals surface area contributed by atoms with E-state index in [4.69, 9.17) is 14.2 Å². The quantitative estimate of drug-likeness (QED) is 0.533. The number of benzene rings is 1. The molecule has 1 spiro atoms. The van der Waals surface area contributed by atoms with Crippen LogP contribution in [0.2, 0.25) is 0 Å². The number of pyridine rings is 1. The Bertz CT molecular complexity index is 1410. The first-order chi connectivity index (χ1) is 18.2. The van der Waals surface area contributed by atoms with E-state index < -0.39 is 0 Å². The van der Waals surface area contributed by atoms with Crippen LogP contribution in [-0.2, 0) is 14.2 Å². The first-order valence-electron chi connectivity index (χ1n) is 13.2. The van der Waals surface area contributed by atoms with E-state index in [0.717, 1.165) is 91.5 Å².